The largest absolute Gasteiger partial charge is 0.484 e. The molecule has 116 valence electrons. The van der Waals surface area contributed by atoms with Crippen LogP contribution in [0.2, 0.25) is 0 Å². The monoisotopic (exact) mass is 293 g/mol. The van der Waals surface area contributed by atoms with Gasteiger partial charge in [0, 0.05) is 6.04 Å². The minimum absolute atomic E-state index is 0.0618. The Balaban J connectivity index is 2.49. The molecule has 0 heterocycles. The molecule has 0 saturated carbocycles. The lowest BCUT2D eigenvalue weighted by molar-refractivity contribution is -0.138. The lowest BCUT2D eigenvalue weighted by atomic mass is 9.87. The first-order valence-corrected chi connectivity index (χ1v) is 6.95. The lowest BCUT2D eigenvalue weighted by Crippen LogP contribution is -2.41. The molecule has 0 aliphatic carbocycles. The van der Waals surface area contributed by atoms with E-state index in [9.17, 15) is 9.59 Å². The van der Waals surface area contributed by atoms with Gasteiger partial charge in [0.15, 0.2) is 6.61 Å². The van der Waals surface area contributed by atoms with Crippen LogP contribution >= 0.6 is 0 Å². The molecule has 1 aromatic rings. The summed E-state index contributed by atoms with van der Waals surface area (Å²) < 4.78 is 5.34. The smallest absolute Gasteiger partial charge is 0.305 e. The Morgan fingerprint density at radius 2 is 1.86 bits per heavy atom. The van der Waals surface area contributed by atoms with Gasteiger partial charge in [0.05, 0.1) is 6.42 Å². The number of carbonyl (C=O) groups is 2. The van der Waals surface area contributed by atoms with Crippen molar-refractivity contribution in [1.82, 2.24) is 5.32 Å². The van der Waals surface area contributed by atoms with Crippen molar-refractivity contribution in [3.63, 3.8) is 0 Å². The number of amides is 1. The highest BCUT2D eigenvalue weighted by Gasteiger charge is 2.22. The summed E-state index contributed by atoms with van der Waals surface area (Å²) in [5.41, 5.74) is -0.0618. The van der Waals surface area contributed by atoms with Crippen LogP contribution in [0, 0.1) is 5.41 Å². The van der Waals surface area contributed by atoms with Crippen molar-refractivity contribution in [3.05, 3.63) is 30.3 Å². The Labute approximate surface area is 125 Å². The number of carbonyl (C=O) groups excluding carboxylic acids is 1. The van der Waals surface area contributed by atoms with E-state index in [1.54, 1.807) is 12.1 Å². The van der Waals surface area contributed by atoms with Gasteiger partial charge in [0.25, 0.3) is 5.91 Å². The first kappa shape index (κ1) is 17.0. The number of para-hydroxylation sites is 1. The van der Waals surface area contributed by atoms with Gasteiger partial charge in [-0.3, -0.25) is 9.59 Å². The molecule has 0 fully saturated rings. The van der Waals surface area contributed by atoms with Crippen molar-refractivity contribution in [2.75, 3.05) is 6.61 Å². The van der Waals surface area contributed by atoms with Crippen LogP contribution in [0.1, 0.15) is 33.6 Å². The van der Waals surface area contributed by atoms with Crippen molar-refractivity contribution in [2.24, 2.45) is 5.41 Å². The first-order chi connectivity index (χ1) is 9.76. The van der Waals surface area contributed by atoms with Crippen LogP contribution in [0.3, 0.4) is 0 Å². The van der Waals surface area contributed by atoms with E-state index in [0.29, 0.717) is 12.2 Å². The van der Waals surface area contributed by atoms with Gasteiger partial charge < -0.3 is 15.2 Å². The summed E-state index contributed by atoms with van der Waals surface area (Å²) in [7, 11) is 0. The highest BCUT2D eigenvalue weighted by atomic mass is 16.5. The summed E-state index contributed by atoms with van der Waals surface area (Å²) >= 11 is 0. The van der Waals surface area contributed by atoms with E-state index in [-0.39, 0.29) is 24.3 Å². The van der Waals surface area contributed by atoms with Gasteiger partial charge in [0.1, 0.15) is 5.75 Å². The molecule has 5 nitrogen and oxygen atoms in total. The van der Waals surface area contributed by atoms with Crippen LogP contribution in [-0.2, 0) is 9.59 Å². The van der Waals surface area contributed by atoms with Crippen LogP contribution < -0.4 is 10.1 Å². The van der Waals surface area contributed by atoms with Gasteiger partial charge in [-0.15, -0.1) is 0 Å². The Bertz CT molecular complexity index is 465. The van der Waals surface area contributed by atoms with Gasteiger partial charge >= 0.3 is 5.97 Å². The summed E-state index contributed by atoms with van der Waals surface area (Å²) in [5.74, 6) is -0.624. The van der Waals surface area contributed by atoms with Crippen LogP contribution in [0.25, 0.3) is 0 Å². The average Bonchev–Trinajstić information content (AvgIpc) is 2.34. The highest BCUT2D eigenvalue weighted by Crippen LogP contribution is 2.22. The number of ether oxygens (including phenoxy) is 1. The molecule has 0 aliphatic rings. The topological polar surface area (TPSA) is 75.6 Å². The van der Waals surface area contributed by atoms with E-state index >= 15 is 0 Å². The molecule has 1 amide bonds. The van der Waals surface area contributed by atoms with E-state index < -0.39 is 12.0 Å². The zero-order chi connectivity index (χ0) is 15.9. The zero-order valence-electron chi connectivity index (χ0n) is 12.8. The van der Waals surface area contributed by atoms with Gasteiger partial charge in [-0.25, -0.2) is 0 Å². The van der Waals surface area contributed by atoms with E-state index in [0.717, 1.165) is 0 Å². The highest BCUT2D eigenvalue weighted by molar-refractivity contribution is 5.78. The van der Waals surface area contributed by atoms with Crippen molar-refractivity contribution >= 4 is 11.9 Å². The molecule has 1 aromatic carbocycles. The average molecular weight is 293 g/mol. The molecule has 0 aliphatic heterocycles. The number of benzene rings is 1. The summed E-state index contributed by atoms with van der Waals surface area (Å²) in [6, 6.07) is 8.63. The van der Waals surface area contributed by atoms with E-state index in [4.69, 9.17) is 9.84 Å². The van der Waals surface area contributed by atoms with Crippen LogP contribution in [0.5, 0.6) is 5.75 Å². The molecule has 0 spiro atoms. The first-order valence-electron chi connectivity index (χ1n) is 6.95. The number of carboxylic acid groups (broad SMARTS) is 1. The lowest BCUT2D eigenvalue weighted by Gasteiger charge is -2.25. The number of carboxylic acids is 1. The van der Waals surface area contributed by atoms with E-state index in [2.05, 4.69) is 5.32 Å². The molecule has 5 heteroatoms. The maximum atomic E-state index is 11.9. The predicted molar refractivity (Wildman–Crippen MR) is 80.2 cm³/mol. The number of rotatable bonds is 7. The third-order valence-electron chi connectivity index (χ3n) is 2.76. The SMILES string of the molecule is CC(C)(C)CC(CC(=O)O)NC(=O)COc1ccccc1. The normalized spacial score (nSPS) is 12.5. The Hall–Kier alpha value is -2.04. The molecule has 1 unspecified atom stereocenters. The third kappa shape index (κ3) is 7.97. The number of hydrogen-bond donors (Lipinski definition) is 2. The van der Waals surface area contributed by atoms with E-state index in [1.807, 2.05) is 39.0 Å². The molecule has 0 bridgehead atoms. The van der Waals surface area contributed by atoms with Crippen LogP contribution in [0.15, 0.2) is 30.3 Å². The number of hydrogen-bond acceptors (Lipinski definition) is 3. The Morgan fingerprint density at radius 3 is 2.38 bits per heavy atom. The predicted octanol–water partition coefficient (Wildman–Crippen LogP) is 2.46. The Morgan fingerprint density at radius 1 is 1.24 bits per heavy atom. The van der Waals surface area contributed by atoms with Crippen molar-refractivity contribution in [2.45, 2.75) is 39.7 Å². The second-order valence-electron chi connectivity index (χ2n) is 6.23. The van der Waals surface area contributed by atoms with Crippen LogP contribution in [0.4, 0.5) is 0 Å². The molecular weight excluding hydrogens is 270 g/mol. The van der Waals surface area contributed by atoms with E-state index in [1.165, 1.54) is 0 Å². The molecule has 21 heavy (non-hydrogen) atoms. The molecule has 0 saturated heterocycles. The second kappa shape index (κ2) is 7.67. The second-order valence-corrected chi connectivity index (χ2v) is 6.23. The fourth-order valence-electron chi connectivity index (χ4n) is 2.06. The van der Waals surface area contributed by atoms with Gasteiger partial charge in [-0.2, -0.15) is 0 Å². The van der Waals surface area contributed by atoms with Crippen molar-refractivity contribution < 1.29 is 19.4 Å². The zero-order valence-corrected chi connectivity index (χ0v) is 12.8. The molecule has 1 atom stereocenters. The molecular formula is C16H23NO4. The third-order valence-corrected chi connectivity index (χ3v) is 2.76. The Kier molecular flexibility index (Phi) is 6.21. The fraction of sp³-hybridized carbons (Fsp3) is 0.500. The molecule has 0 aromatic heterocycles. The quantitative estimate of drug-likeness (QED) is 0.809. The summed E-state index contributed by atoms with van der Waals surface area (Å²) in [6.45, 7) is 5.90. The van der Waals surface area contributed by atoms with Crippen molar-refractivity contribution in [1.29, 1.82) is 0 Å². The standard InChI is InChI=1S/C16H23NO4/c1-16(2,3)10-12(9-15(19)20)17-14(18)11-21-13-7-5-4-6-8-13/h4-8,12H,9-11H2,1-3H3,(H,17,18)(H,19,20). The minimum atomic E-state index is -0.923. The summed E-state index contributed by atoms with van der Waals surface area (Å²) in [5, 5.41) is 11.6. The maximum absolute atomic E-state index is 11.9. The number of nitrogens with one attached hydrogen (secondary N) is 1. The summed E-state index contributed by atoms with van der Waals surface area (Å²) in [6.07, 6.45) is 0.505. The van der Waals surface area contributed by atoms with Gasteiger partial charge in [0.2, 0.25) is 0 Å². The molecule has 1 rings (SSSR count). The minimum Gasteiger partial charge on any atom is -0.484 e. The summed E-state index contributed by atoms with van der Waals surface area (Å²) in [4.78, 5) is 22.7. The molecule has 0 radical (unpaired) electrons. The molecule has 2 N–H and O–H groups in total. The van der Waals surface area contributed by atoms with Crippen LogP contribution in [-0.4, -0.2) is 29.6 Å². The number of aliphatic carboxylic acids is 1. The van der Waals surface area contributed by atoms with Crippen molar-refractivity contribution in [3.8, 4) is 5.75 Å². The maximum Gasteiger partial charge on any atom is 0.305 e. The van der Waals surface area contributed by atoms with Gasteiger partial charge in [-0.05, 0) is 24.0 Å². The van der Waals surface area contributed by atoms with Gasteiger partial charge in [-0.1, -0.05) is 39.0 Å². The fourth-order valence-corrected chi connectivity index (χ4v) is 2.06.